The predicted octanol–water partition coefficient (Wildman–Crippen LogP) is 4.39. The molecule has 0 radical (unpaired) electrons. The van der Waals surface area contributed by atoms with Gasteiger partial charge in [0, 0.05) is 55.4 Å². The van der Waals surface area contributed by atoms with Crippen LogP contribution >= 0.6 is 0 Å². The van der Waals surface area contributed by atoms with Crippen molar-refractivity contribution in [3.63, 3.8) is 0 Å². The smallest absolute Gasteiger partial charge is 0.303 e. The molecule has 5 amide bonds. The fourth-order valence-electron chi connectivity index (χ4n) is 11.9. The number of aromatic nitrogens is 2. The first-order chi connectivity index (χ1) is 28.3. The molecule has 338 valence electrons. The molecule has 1 aromatic rings. The molecule has 15 nitrogen and oxygen atoms in total. The summed E-state index contributed by atoms with van der Waals surface area (Å²) >= 11 is 0. The molecule has 3 heterocycles. The molecule has 1 aromatic heterocycles. The van der Waals surface area contributed by atoms with Crippen LogP contribution in [-0.4, -0.2) is 99.7 Å². The van der Waals surface area contributed by atoms with Gasteiger partial charge in [-0.3, -0.25) is 28.7 Å². The maximum absolute atomic E-state index is 15.2. The van der Waals surface area contributed by atoms with Crippen LogP contribution in [0.25, 0.3) is 0 Å². The van der Waals surface area contributed by atoms with Gasteiger partial charge in [0.25, 0.3) is 11.8 Å². The highest BCUT2D eigenvalue weighted by atomic mass is 32.2. The molecule has 7 rings (SSSR count). The van der Waals surface area contributed by atoms with E-state index in [2.05, 4.69) is 46.2 Å². The number of amides is 5. The summed E-state index contributed by atoms with van der Waals surface area (Å²) in [6.45, 7) is 21.0. The Balaban J connectivity index is 1.13. The maximum atomic E-state index is 15.2. The van der Waals surface area contributed by atoms with Crippen LogP contribution < -0.4 is 20.7 Å². The number of hydrogen-bond acceptors (Lipinski definition) is 8. The largest absolute Gasteiger partial charge is 0.345 e. The molecule has 5 atom stereocenters. The van der Waals surface area contributed by atoms with Gasteiger partial charge >= 0.3 is 10.2 Å². The highest BCUT2D eigenvalue weighted by Crippen LogP contribution is 2.88. The molecule has 2 saturated heterocycles. The van der Waals surface area contributed by atoms with Gasteiger partial charge in [-0.1, -0.05) is 87.1 Å². The van der Waals surface area contributed by atoms with Crippen LogP contribution in [0, 0.1) is 27.6 Å². The first-order valence-electron chi connectivity index (χ1n) is 22.5. The van der Waals surface area contributed by atoms with Crippen molar-refractivity contribution in [2.75, 3.05) is 19.6 Å². The van der Waals surface area contributed by atoms with Crippen molar-refractivity contribution in [1.29, 1.82) is 0 Å². The third-order valence-corrected chi connectivity index (χ3v) is 17.6. The zero-order valence-corrected chi connectivity index (χ0v) is 38.8. The standard InChI is InChI=1S/C45H70N8O7S/c1-11-29-25-45(29,38(58)50-61(59,60)52-22-15-16-23-52)48-36(56)31-26-44(41(8,9)43(44)20-17-21-43)28-53(31)37(57)34(40(5,6)7)46-33(54)27-42(18-13-12-14-19-42)47-35(55)30-24-32(39(2,3)4)49-51(30)10/h11,24,29,31,34H,1,12-23,25-28H2,2-10H3,(H,46,54)(H,47,55)(H,48,56)(H,50,58)/t29-,31+,34-,44-,45-/m1/s1. The van der Waals surface area contributed by atoms with Gasteiger partial charge in [-0.25, -0.2) is 4.72 Å². The minimum Gasteiger partial charge on any atom is -0.345 e. The van der Waals surface area contributed by atoms with Crippen molar-refractivity contribution in [3.05, 3.63) is 30.1 Å². The molecule has 2 aliphatic heterocycles. The Bertz CT molecular complexity index is 2080. The molecule has 4 saturated carbocycles. The molecule has 4 aliphatic carbocycles. The van der Waals surface area contributed by atoms with Gasteiger partial charge < -0.3 is 20.9 Å². The van der Waals surface area contributed by atoms with E-state index < -0.39 is 56.5 Å². The maximum Gasteiger partial charge on any atom is 0.303 e. The molecule has 0 bridgehead atoms. The van der Waals surface area contributed by atoms with Crippen molar-refractivity contribution >= 4 is 39.7 Å². The van der Waals surface area contributed by atoms with E-state index in [1.165, 1.54) is 4.31 Å². The van der Waals surface area contributed by atoms with E-state index in [0.29, 0.717) is 57.4 Å². The Hall–Kier alpha value is -3.79. The number of carbonyl (C=O) groups is 5. The third kappa shape index (κ3) is 7.62. The summed E-state index contributed by atoms with van der Waals surface area (Å²) in [5, 5.41) is 13.9. The highest BCUT2D eigenvalue weighted by molar-refractivity contribution is 7.87. The lowest BCUT2D eigenvalue weighted by molar-refractivity contribution is -0.144. The quantitative estimate of drug-likeness (QED) is 0.223. The van der Waals surface area contributed by atoms with Crippen LogP contribution in [0.4, 0.5) is 0 Å². The summed E-state index contributed by atoms with van der Waals surface area (Å²) in [4.78, 5) is 73.6. The second-order valence-electron chi connectivity index (χ2n) is 22.0. The molecule has 4 N–H and O–H groups in total. The SMILES string of the molecule is C=C[C@@H]1C[C@]1(NC(=O)[C@@H]1C[C@@]2(CN1C(=O)[C@@H](NC(=O)CC1(NC(=O)c3cc(C(C)(C)C)nn3C)CCCCC1)C(C)(C)C)C(C)(C)C21CCC1)C(=O)NS(=O)(=O)N1CCCC1. The summed E-state index contributed by atoms with van der Waals surface area (Å²) in [6, 6.07) is -0.173. The zero-order chi connectivity index (χ0) is 44.8. The fraction of sp³-hybridized carbons (Fsp3) is 0.778. The van der Waals surface area contributed by atoms with Crippen LogP contribution in [0.15, 0.2) is 18.7 Å². The van der Waals surface area contributed by atoms with Crippen molar-refractivity contribution in [2.45, 2.75) is 167 Å². The molecule has 61 heavy (non-hydrogen) atoms. The minimum atomic E-state index is -4.11. The fourth-order valence-corrected chi connectivity index (χ4v) is 13.1. The monoisotopic (exact) mass is 867 g/mol. The lowest BCUT2D eigenvalue weighted by Gasteiger charge is -2.39. The van der Waals surface area contributed by atoms with Crippen molar-refractivity contribution in [3.8, 4) is 0 Å². The Morgan fingerprint density at radius 2 is 1.54 bits per heavy atom. The molecular formula is C45H70N8O7S. The first kappa shape index (κ1) is 45.2. The molecule has 6 fully saturated rings. The van der Waals surface area contributed by atoms with E-state index in [4.69, 9.17) is 0 Å². The average Bonchev–Trinajstić information content (AvgIpc) is 3.54. The Labute approximate surface area is 362 Å². The number of aryl methyl sites for hydroxylation is 1. The Kier molecular flexibility index (Phi) is 11.3. The van der Waals surface area contributed by atoms with E-state index in [-0.39, 0.29) is 52.2 Å². The minimum absolute atomic E-state index is 0.0204. The van der Waals surface area contributed by atoms with Gasteiger partial charge in [-0.05, 0) is 73.7 Å². The molecule has 16 heteroatoms. The van der Waals surface area contributed by atoms with Crippen molar-refractivity contribution < 1.29 is 32.4 Å². The van der Waals surface area contributed by atoms with Gasteiger partial charge in [0.1, 0.15) is 23.3 Å². The Morgan fingerprint density at radius 1 is 0.902 bits per heavy atom. The lowest BCUT2D eigenvalue weighted by Crippen LogP contribution is -2.61. The third-order valence-electron chi connectivity index (χ3n) is 16.1. The number of carbonyl (C=O) groups excluding carboxylic acids is 5. The second kappa shape index (κ2) is 15.2. The summed E-state index contributed by atoms with van der Waals surface area (Å²) in [5.41, 5.74) is -2.69. The Morgan fingerprint density at radius 3 is 2.05 bits per heavy atom. The van der Waals surface area contributed by atoms with E-state index in [9.17, 15) is 27.6 Å². The van der Waals surface area contributed by atoms with E-state index >= 15 is 4.79 Å². The van der Waals surface area contributed by atoms with Gasteiger partial charge in [0.05, 0.1) is 5.69 Å². The first-order valence-corrected chi connectivity index (χ1v) is 24.0. The topological polar surface area (TPSA) is 192 Å². The number of hydrogen-bond donors (Lipinski definition) is 4. The molecule has 0 aromatic carbocycles. The van der Waals surface area contributed by atoms with Crippen molar-refractivity contribution in [2.24, 2.45) is 34.6 Å². The van der Waals surface area contributed by atoms with E-state index in [1.807, 2.05) is 41.5 Å². The number of likely N-dealkylation sites (tertiary alicyclic amines) is 1. The van der Waals surface area contributed by atoms with E-state index in [0.717, 1.165) is 44.2 Å². The normalized spacial score (nSPS) is 29.4. The highest BCUT2D eigenvalue weighted by Gasteiger charge is 2.85. The van der Waals surface area contributed by atoms with Crippen LogP contribution in [0.2, 0.25) is 0 Å². The summed E-state index contributed by atoms with van der Waals surface area (Å²) in [7, 11) is -2.37. The number of nitrogens with zero attached hydrogens (tertiary/aromatic N) is 4. The van der Waals surface area contributed by atoms with Crippen LogP contribution in [0.1, 0.15) is 155 Å². The van der Waals surface area contributed by atoms with Crippen LogP contribution in [0.5, 0.6) is 0 Å². The van der Waals surface area contributed by atoms with Crippen LogP contribution in [0.3, 0.4) is 0 Å². The van der Waals surface area contributed by atoms with Gasteiger partial charge in [-0.2, -0.15) is 17.8 Å². The lowest BCUT2D eigenvalue weighted by atomic mass is 9.73. The average molecular weight is 867 g/mol. The second-order valence-corrected chi connectivity index (χ2v) is 23.7. The van der Waals surface area contributed by atoms with Crippen LogP contribution in [-0.2, 0) is 41.9 Å². The summed E-state index contributed by atoms with van der Waals surface area (Å²) in [5.74, 6) is -2.87. The molecule has 0 unspecified atom stereocenters. The molecular weight excluding hydrogens is 797 g/mol. The number of nitrogens with one attached hydrogen (secondary N) is 4. The van der Waals surface area contributed by atoms with Crippen molar-refractivity contribution in [1.82, 2.24) is 39.7 Å². The predicted molar refractivity (Wildman–Crippen MR) is 231 cm³/mol. The van der Waals surface area contributed by atoms with Gasteiger partial charge in [-0.15, -0.1) is 6.58 Å². The number of rotatable bonds is 12. The molecule has 6 aliphatic rings. The van der Waals surface area contributed by atoms with Gasteiger partial charge in [0.2, 0.25) is 17.7 Å². The number of fused-ring (bicyclic) bond motifs is 1. The van der Waals surface area contributed by atoms with Gasteiger partial charge in [0.15, 0.2) is 0 Å². The summed E-state index contributed by atoms with van der Waals surface area (Å²) in [6.07, 6.45) is 10.5. The zero-order valence-electron chi connectivity index (χ0n) is 38.0. The molecule has 2 spiro atoms. The van der Waals surface area contributed by atoms with E-state index in [1.54, 1.807) is 28.8 Å². The summed E-state index contributed by atoms with van der Waals surface area (Å²) < 4.78 is 31.4.